The minimum absolute atomic E-state index is 0.634. The van der Waals surface area contributed by atoms with E-state index < -0.39 is 0 Å². The van der Waals surface area contributed by atoms with E-state index in [2.05, 4.69) is 72.8 Å². The van der Waals surface area contributed by atoms with Crippen molar-refractivity contribution in [2.24, 2.45) is 0 Å². The molecule has 40 heavy (non-hydrogen) atoms. The van der Waals surface area contributed by atoms with Gasteiger partial charge in [-0.25, -0.2) is 0 Å². The minimum Gasteiger partial charge on any atom is -0.455 e. The summed E-state index contributed by atoms with van der Waals surface area (Å²) in [7, 11) is 0. The number of hydrogen-bond donors (Lipinski definition) is 0. The van der Waals surface area contributed by atoms with Crippen molar-refractivity contribution in [2.75, 3.05) is 0 Å². The number of hydrogen-bond acceptors (Lipinski definition) is 3. The smallest absolute Gasteiger partial charge is 0.143 e. The van der Waals surface area contributed by atoms with Crippen LogP contribution in [0, 0.1) is 11.3 Å². The lowest BCUT2D eigenvalue weighted by Crippen LogP contribution is -1.89. The first-order valence-electron chi connectivity index (χ1n) is 13.2. The molecule has 8 rings (SSSR count). The van der Waals surface area contributed by atoms with Crippen LogP contribution in [0.15, 0.2) is 136 Å². The van der Waals surface area contributed by atoms with Crippen molar-refractivity contribution in [1.82, 2.24) is 0 Å². The number of nitriles is 1. The number of para-hydroxylation sites is 4. The molecule has 0 saturated heterocycles. The Hall–Kier alpha value is -5.59. The number of rotatable bonds is 3. The summed E-state index contributed by atoms with van der Waals surface area (Å²) in [5.41, 5.74) is 9.94. The summed E-state index contributed by atoms with van der Waals surface area (Å²) in [6.45, 7) is 0. The molecule has 0 bridgehead atoms. The SMILES string of the molecule is N#Cc1ccccc1-c1cc(-c2cccc3c2oc2ccccc23)cc(-c2cccc3c2oc2ccccc23)c1. The Morgan fingerprint density at radius 1 is 0.425 bits per heavy atom. The first kappa shape index (κ1) is 22.4. The lowest BCUT2D eigenvalue weighted by molar-refractivity contribution is 0.670. The third-order valence-corrected chi connectivity index (χ3v) is 7.72. The zero-order valence-corrected chi connectivity index (χ0v) is 21.4. The highest BCUT2D eigenvalue weighted by Crippen LogP contribution is 2.42. The molecule has 186 valence electrons. The maximum absolute atomic E-state index is 9.92. The van der Waals surface area contributed by atoms with Crippen LogP contribution in [0.2, 0.25) is 0 Å². The molecule has 0 aliphatic rings. The van der Waals surface area contributed by atoms with Gasteiger partial charge in [-0.1, -0.05) is 91.0 Å². The van der Waals surface area contributed by atoms with Gasteiger partial charge in [0, 0.05) is 32.7 Å². The number of benzene rings is 6. The van der Waals surface area contributed by atoms with E-state index in [1.165, 1.54) is 0 Å². The van der Waals surface area contributed by atoms with Crippen LogP contribution in [0.25, 0.3) is 77.3 Å². The predicted octanol–water partition coefficient (Wildman–Crippen LogP) is 10.4. The van der Waals surface area contributed by atoms with Crippen LogP contribution in [0.3, 0.4) is 0 Å². The molecule has 2 aromatic heterocycles. The Morgan fingerprint density at radius 2 is 0.850 bits per heavy atom. The highest BCUT2D eigenvalue weighted by atomic mass is 16.3. The van der Waals surface area contributed by atoms with Crippen molar-refractivity contribution in [3.05, 3.63) is 133 Å². The molecular weight excluding hydrogens is 490 g/mol. The molecule has 0 amide bonds. The fourth-order valence-electron chi connectivity index (χ4n) is 5.88. The van der Waals surface area contributed by atoms with Gasteiger partial charge in [0.15, 0.2) is 0 Å². The van der Waals surface area contributed by atoms with Crippen molar-refractivity contribution < 1.29 is 8.83 Å². The van der Waals surface area contributed by atoms with Gasteiger partial charge in [0.1, 0.15) is 22.3 Å². The van der Waals surface area contributed by atoms with Gasteiger partial charge in [0.25, 0.3) is 0 Å². The van der Waals surface area contributed by atoms with Gasteiger partial charge in [-0.3, -0.25) is 0 Å². The second-order valence-electron chi connectivity index (χ2n) is 10.0. The van der Waals surface area contributed by atoms with Crippen molar-refractivity contribution in [1.29, 1.82) is 5.26 Å². The van der Waals surface area contributed by atoms with Crippen LogP contribution in [0.1, 0.15) is 5.56 Å². The fourth-order valence-corrected chi connectivity index (χ4v) is 5.88. The van der Waals surface area contributed by atoms with Crippen LogP contribution in [0.5, 0.6) is 0 Å². The zero-order valence-electron chi connectivity index (χ0n) is 21.4. The second kappa shape index (κ2) is 8.73. The zero-order chi connectivity index (χ0) is 26.6. The summed E-state index contributed by atoms with van der Waals surface area (Å²) >= 11 is 0. The Morgan fingerprint density at radius 3 is 1.40 bits per heavy atom. The van der Waals surface area contributed by atoms with Gasteiger partial charge in [0.05, 0.1) is 11.6 Å². The van der Waals surface area contributed by atoms with Gasteiger partial charge < -0.3 is 8.83 Å². The maximum atomic E-state index is 9.92. The summed E-state index contributed by atoms with van der Waals surface area (Å²) in [5.74, 6) is 0. The average molecular weight is 512 g/mol. The minimum atomic E-state index is 0.634. The molecule has 0 radical (unpaired) electrons. The highest BCUT2D eigenvalue weighted by molar-refractivity contribution is 6.11. The predicted molar refractivity (Wildman–Crippen MR) is 162 cm³/mol. The van der Waals surface area contributed by atoms with E-state index in [0.29, 0.717) is 5.56 Å². The van der Waals surface area contributed by atoms with Gasteiger partial charge >= 0.3 is 0 Å². The lowest BCUT2D eigenvalue weighted by Gasteiger charge is -2.13. The molecule has 0 unspecified atom stereocenters. The first-order valence-corrected chi connectivity index (χ1v) is 13.2. The second-order valence-corrected chi connectivity index (χ2v) is 10.0. The molecule has 0 fully saturated rings. The molecule has 2 heterocycles. The number of furan rings is 2. The molecule has 3 heteroatoms. The van der Waals surface area contributed by atoms with Crippen molar-refractivity contribution in [3.8, 4) is 39.4 Å². The molecule has 0 N–H and O–H groups in total. The third-order valence-electron chi connectivity index (χ3n) is 7.72. The molecule has 0 aliphatic heterocycles. The highest BCUT2D eigenvalue weighted by Gasteiger charge is 2.17. The summed E-state index contributed by atoms with van der Waals surface area (Å²) in [4.78, 5) is 0. The first-order chi connectivity index (χ1) is 19.8. The van der Waals surface area contributed by atoms with E-state index >= 15 is 0 Å². The van der Waals surface area contributed by atoms with E-state index in [4.69, 9.17) is 8.83 Å². The van der Waals surface area contributed by atoms with E-state index in [0.717, 1.165) is 77.3 Å². The van der Waals surface area contributed by atoms with Crippen molar-refractivity contribution >= 4 is 43.9 Å². The average Bonchev–Trinajstić information content (AvgIpc) is 3.59. The molecule has 0 atom stereocenters. The van der Waals surface area contributed by atoms with Crippen LogP contribution in [-0.2, 0) is 0 Å². The van der Waals surface area contributed by atoms with Crippen LogP contribution in [0.4, 0.5) is 0 Å². The molecule has 6 aromatic carbocycles. The number of nitrogens with zero attached hydrogens (tertiary/aromatic N) is 1. The van der Waals surface area contributed by atoms with Gasteiger partial charge in [-0.2, -0.15) is 5.26 Å². The quantitative estimate of drug-likeness (QED) is 0.237. The Balaban J connectivity index is 1.44. The standard InChI is InChI=1S/C37H21NO2/c38-22-23-9-1-2-10-27(23)24-19-25(28-13-7-15-32-30-11-3-5-17-34(30)39-36(28)32)21-26(20-24)29-14-8-16-33-31-12-4-6-18-35(31)40-37(29)33/h1-21H. The summed E-state index contributed by atoms with van der Waals surface area (Å²) < 4.78 is 12.8. The third kappa shape index (κ3) is 3.37. The van der Waals surface area contributed by atoms with E-state index in [9.17, 15) is 5.26 Å². The van der Waals surface area contributed by atoms with Crippen molar-refractivity contribution in [3.63, 3.8) is 0 Å². The molecular formula is C37H21NO2. The topological polar surface area (TPSA) is 50.1 Å². The van der Waals surface area contributed by atoms with Crippen LogP contribution < -0.4 is 0 Å². The molecule has 0 saturated carbocycles. The Kier molecular flexibility index (Phi) is 4.89. The Labute approximate surface area is 230 Å². The van der Waals surface area contributed by atoms with E-state index in [1.807, 2.05) is 60.7 Å². The fraction of sp³-hybridized carbons (Fsp3) is 0. The number of fused-ring (bicyclic) bond motifs is 6. The van der Waals surface area contributed by atoms with Gasteiger partial charge in [0.2, 0.25) is 0 Å². The maximum Gasteiger partial charge on any atom is 0.143 e. The largest absolute Gasteiger partial charge is 0.455 e. The molecule has 0 aliphatic carbocycles. The van der Waals surface area contributed by atoms with Gasteiger partial charge in [-0.15, -0.1) is 0 Å². The summed E-state index contributed by atoms with van der Waals surface area (Å²) in [6, 6.07) is 45.5. The monoisotopic (exact) mass is 511 g/mol. The van der Waals surface area contributed by atoms with Crippen molar-refractivity contribution in [2.45, 2.75) is 0 Å². The lowest BCUT2D eigenvalue weighted by atomic mass is 9.91. The molecule has 8 aromatic rings. The van der Waals surface area contributed by atoms with E-state index in [-0.39, 0.29) is 0 Å². The van der Waals surface area contributed by atoms with E-state index in [1.54, 1.807) is 0 Å². The summed E-state index contributed by atoms with van der Waals surface area (Å²) in [6.07, 6.45) is 0. The molecule has 0 spiro atoms. The van der Waals surface area contributed by atoms with Crippen LogP contribution >= 0.6 is 0 Å². The van der Waals surface area contributed by atoms with Gasteiger partial charge in [-0.05, 0) is 58.7 Å². The molecule has 3 nitrogen and oxygen atoms in total. The Bertz CT molecular complexity index is 2160. The normalized spacial score (nSPS) is 11.5. The summed E-state index contributed by atoms with van der Waals surface area (Å²) in [5, 5.41) is 14.3. The van der Waals surface area contributed by atoms with Crippen LogP contribution in [-0.4, -0.2) is 0 Å².